The molecule has 0 aliphatic rings. The van der Waals surface area contributed by atoms with Gasteiger partial charge in [0.25, 0.3) is 0 Å². The van der Waals surface area contributed by atoms with Crippen LogP contribution < -0.4 is 10.6 Å². The molecule has 0 saturated carbocycles. The summed E-state index contributed by atoms with van der Waals surface area (Å²) in [5, 5.41) is 80.3. The number of carbonyl (C=O) groups is 2. The summed E-state index contributed by atoms with van der Waals surface area (Å²) in [6.45, 7) is -4.83. The van der Waals surface area contributed by atoms with E-state index in [0.29, 0.717) is 0 Å². The van der Waals surface area contributed by atoms with Crippen molar-refractivity contribution in [1.82, 2.24) is 9.80 Å². The molecule has 0 bridgehead atoms. The van der Waals surface area contributed by atoms with Crippen molar-refractivity contribution in [2.24, 2.45) is 0 Å². The number of carbonyl (C=O) groups excluding carboxylic acids is 2. The molecule has 0 fully saturated rings. The molecule has 0 unspecified atom stereocenters. The molecule has 1 aromatic rings. The molecule has 10 N–H and O–H groups in total. The van der Waals surface area contributed by atoms with Gasteiger partial charge in [0.15, 0.2) is 0 Å². The average Bonchev–Trinajstić information content (AvgIpc) is 2.85. The summed E-state index contributed by atoms with van der Waals surface area (Å²) in [5.41, 5.74) is 0.502. The van der Waals surface area contributed by atoms with E-state index in [0.717, 1.165) is 9.80 Å². The summed E-state index contributed by atoms with van der Waals surface area (Å²) >= 11 is 0. The molecule has 0 aromatic heterocycles. The molecule has 0 aliphatic carbocycles. The molecule has 14 heteroatoms. The van der Waals surface area contributed by atoms with Gasteiger partial charge in [-0.1, -0.05) is 0 Å². The van der Waals surface area contributed by atoms with Crippen LogP contribution in [0.1, 0.15) is 0 Å². The smallest absolute Gasteiger partial charge is 0.322 e. The number of rotatable bonds is 14. The predicted octanol–water partition coefficient (Wildman–Crippen LogP) is -3.23. The van der Waals surface area contributed by atoms with Gasteiger partial charge in [0.05, 0.1) is 77.0 Å². The van der Waals surface area contributed by atoms with Crippen molar-refractivity contribution in [3.63, 3.8) is 0 Å². The van der Waals surface area contributed by atoms with Crippen LogP contribution in [0.2, 0.25) is 0 Å². The van der Waals surface area contributed by atoms with Gasteiger partial charge < -0.3 is 61.3 Å². The molecule has 0 saturated heterocycles. The summed E-state index contributed by atoms with van der Waals surface area (Å²) in [6.07, 6.45) is 0. The summed E-state index contributed by atoms with van der Waals surface area (Å²) < 4.78 is 0. The van der Waals surface area contributed by atoms with E-state index in [1.165, 1.54) is 24.3 Å². The molecule has 1 rings (SSSR count). The van der Waals surface area contributed by atoms with Gasteiger partial charge in [0.1, 0.15) is 0 Å². The number of aliphatic hydroxyl groups excluding tert-OH is 8. The predicted molar refractivity (Wildman–Crippen MR) is 120 cm³/mol. The number of hydrogen-bond donors (Lipinski definition) is 10. The van der Waals surface area contributed by atoms with Crippen molar-refractivity contribution >= 4 is 23.4 Å². The van der Waals surface area contributed by atoms with Crippen LogP contribution in [-0.4, -0.2) is 140 Å². The van der Waals surface area contributed by atoms with Crippen molar-refractivity contribution in [3.8, 4) is 0 Å². The van der Waals surface area contributed by atoms with Gasteiger partial charge in [0, 0.05) is 11.4 Å². The maximum Gasteiger partial charge on any atom is 0.322 e. The van der Waals surface area contributed by atoms with E-state index < -0.39 is 89.1 Å². The summed E-state index contributed by atoms with van der Waals surface area (Å²) in [7, 11) is 0. The van der Waals surface area contributed by atoms with Crippen molar-refractivity contribution < 1.29 is 50.4 Å². The lowest BCUT2D eigenvalue weighted by atomic mass is 10.2. The maximum absolute atomic E-state index is 12.7. The number of amides is 4. The largest absolute Gasteiger partial charge is 0.394 e. The molecule has 4 amide bonds. The van der Waals surface area contributed by atoms with E-state index in [-0.39, 0.29) is 11.4 Å². The van der Waals surface area contributed by atoms with Crippen molar-refractivity contribution in [3.05, 3.63) is 24.3 Å². The minimum absolute atomic E-state index is 0.251. The monoisotopic (exact) mass is 490 g/mol. The third-order valence-electron chi connectivity index (χ3n) is 5.12. The maximum atomic E-state index is 12.7. The second-order valence-corrected chi connectivity index (χ2v) is 7.33. The Morgan fingerprint density at radius 3 is 0.912 bits per heavy atom. The van der Waals surface area contributed by atoms with Gasteiger partial charge in [-0.2, -0.15) is 0 Å². The topological polar surface area (TPSA) is 227 Å². The molecule has 14 nitrogen and oxygen atoms in total. The minimum Gasteiger partial charge on any atom is -0.394 e. The first-order valence-electron chi connectivity index (χ1n) is 10.5. The fraction of sp³-hybridized carbons (Fsp3) is 0.600. The van der Waals surface area contributed by atoms with Crippen molar-refractivity contribution in [2.45, 2.75) is 24.2 Å². The third kappa shape index (κ3) is 7.75. The minimum atomic E-state index is -1.06. The molecule has 0 radical (unpaired) electrons. The highest BCUT2D eigenvalue weighted by Crippen LogP contribution is 2.17. The Morgan fingerprint density at radius 1 is 0.529 bits per heavy atom. The molecule has 0 heterocycles. The molecule has 0 aliphatic heterocycles. The van der Waals surface area contributed by atoms with Gasteiger partial charge in [-0.3, -0.25) is 0 Å². The Kier molecular flexibility index (Phi) is 13.3. The Hall–Kier alpha value is -2.56. The highest BCUT2D eigenvalue weighted by atomic mass is 16.3. The highest BCUT2D eigenvalue weighted by molar-refractivity contribution is 5.92. The Morgan fingerprint density at radius 2 is 0.735 bits per heavy atom. The van der Waals surface area contributed by atoms with Crippen LogP contribution in [0.4, 0.5) is 21.0 Å². The van der Waals surface area contributed by atoms with E-state index in [1.54, 1.807) is 0 Å². The van der Waals surface area contributed by atoms with E-state index in [9.17, 15) is 50.4 Å². The zero-order valence-corrected chi connectivity index (χ0v) is 18.6. The van der Waals surface area contributed by atoms with Crippen molar-refractivity contribution in [2.75, 3.05) is 63.5 Å². The Balaban J connectivity index is 2.98. The van der Waals surface area contributed by atoms with Gasteiger partial charge in [-0.05, 0) is 24.3 Å². The lowest BCUT2D eigenvalue weighted by Gasteiger charge is -2.35. The SMILES string of the molecule is O=C(Nc1ccc(NC(=O)N(C(CO)CO)C(CO)CO)cc1)N(C(CO)CO)C(CO)CO. The zero-order valence-electron chi connectivity index (χ0n) is 18.6. The molecular weight excluding hydrogens is 456 g/mol. The second kappa shape index (κ2) is 15.4. The number of nitrogens with zero attached hydrogens (tertiary/aromatic N) is 2. The Bertz CT molecular complexity index is 638. The number of anilines is 2. The highest BCUT2D eigenvalue weighted by Gasteiger charge is 2.31. The van der Waals surface area contributed by atoms with Crippen LogP contribution in [0.5, 0.6) is 0 Å². The number of aliphatic hydroxyl groups is 8. The second-order valence-electron chi connectivity index (χ2n) is 7.33. The fourth-order valence-electron chi connectivity index (χ4n) is 3.21. The van der Waals surface area contributed by atoms with E-state index in [1.807, 2.05) is 0 Å². The summed E-state index contributed by atoms with van der Waals surface area (Å²) in [6, 6.07) is -0.184. The van der Waals surface area contributed by atoms with E-state index in [4.69, 9.17) is 0 Å². The van der Waals surface area contributed by atoms with Gasteiger partial charge in [0.2, 0.25) is 0 Å². The van der Waals surface area contributed by atoms with Crippen LogP contribution in [0.3, 0.4) is 0 Å². The van der Waals surface area contributed by atoms with Crippen LogP contribution in [-0.2, 0) is 0 Å². The lowest BCUT2D eigenvalue weighted by molar-refractivity contribution is 0.0306. The molecule has 34 heavy (non-hydrogen) atoms. The van der Waals surface area contributed by atoms with Crippen LogP contribution in [0.25, 0.3) is 0 Å². The first kappa shape index (κ1) is 29.5. The fourth-order valence-corrected chi connectivity index (χ4v) is 3.21. The first-order valence-corrected chi connectivity index (χ1v) is 10.5. The van der Waals surface area contributed by atoms with Crippen LogP contribution in [0.15, 0.2) is 24.3 Å². The van der Waals surface area contributed by atoms with Crippen molar-refractivity contribution in [1.29, 1.82) is 0 Å². The quantitative estimate of drug-likeness (QED) is 0.125. The standard InChI is InChI=1S/C20H34N4O10/c25-5-15(6-26)23(16(7-27)8-28)19(33)21-13-1-2-14(4-3-13)22-20(34)24(17(9-29)10-30)18(11-31)12-32/h1-4,15-18,25-32H,5-12H2,(H,21,33)(H,22,34). The van der Waals surface area contributed by atoms with Crippen LogP contribution >= 0.6 is 0 Å². The van der Waals surface area contributed by atoms with E-state index >= 15 is 0 Å². The number of hydrogen-bond acceptors (Lipinski definition) is 10. The van der Waals surface area contributed by atoms with Gasteiger partial charge >= 0.3 is 12.1 Å². The Labute approximate surface area is 196 Å². The number of nitrogens with one attached hydrogen (secondary N) is 2. The number of benzene rings is 1. The molecule has 0 spiro atoms. The van der Waals surface area contributed by atoms with E-state index in [2.05, 4.69) is 10.6 Å². The average molecular weight is 491 g/mol. The summed E-state index contributed by atoms with van der Waals surface area (Å²) in [4.78, 5) is 27.2. The first-order chi connectivity index (χ1) is 16.3. The lowest BCUT2D eigenvalue weighted by Crippen LogP contribution is -2.55. The van der Waals surface area contributed by atoms with Crippen LogP contribution in [0, 0.1) is 0 Å². The molecule has 194 valence electrons. The zero-order chi connectivity index (χ0) is 25.7. The molecule has 1 aromatic carbocycles. The van der Waals surface area contributed by atoms with Gasteiger partial charge in [-0.15, -0.1) is 0 Å². The molecular formula is C20H34N4O10. The number of urea groups is 2. The summed E-state index contributed by atoms with van der Waals surface area (Å²) in [5.74, 6) is 0. The van der Waals surface area contributed by atoms with Gasteiger partial charge in [-0.25, -0.2) is 9.59 Å². The molecule has 0 atom stereocenters. The third-order valence-corrected chi connectivity index (χ3v) is 5.12. The normalized spacial score (nSPS) is 11.4.